The molecule has 0 aromatic rings. The minimum atomic E-state index is 0.150. The normalized spacial score (nSPS) is 30.3. The molecule has 0 fully saturated rings. The van der Waals surface area contributed by atoms with Gasteiger partial charge in [-0.25, -0.2) is 0 Å². The van der Waals surface area contributed by atoms with Gasteiger partial charge in [0.1, 0.15) is 0 Å². The van der Waals surface area contributed by atoms with E-state index in [1.54, 1.807) is 0 Å². The fourth-order valence-corrected chi connectivity index (χ4v) is 1.40. The molecular weight excluding hydrogens is 179 g/mol. The average molecular weight is 191 g/mol. The molecule has 2 heteroatoms. The minimum absolute atomic E-state index is 0.150. The van der Waals surface area contributed by atoms with Crippen molar-refractivity contribution in [2.45, 2.75) is 13.3 Å². The molecule has 0 saturated heterocycles. The van der Waals surface area contributed by atoms with Gasteiger partial charge in [-0.05, 0) is 12.0 Å². The van der Waals surface area contributed by atoms with Gasteiger partial charge in [0.15, 0.2) is 0 Å². The van der Waals surface area contributed by atoms with Gasteiger partial charge in [0, 0.05) is 17.2 Å². The Bertz CT molecular complexity index is 194. The molecular formula is C9H12Cl2. The molecule has 0 N–H and O–H groups in total. The molecule has 0 aromatic heterocycles. The standard InChI is InChI=1S/C9H12Cl2/c1-9(7-11)4-2-8(6-10)3-5-9/h2-4H,5-7H2,1H3. The zero-order valence-corrected chi connectivity index (χ0v) is 8.12. The zero-order chi connectivity index (χ0) is 8.32. The first-order valence-corrected chi connectivity index (χ1v) is 4.77. The lowest BCUT2D eigenvalue weighted by molar-refractivity contribution is 0.489. The molecule has 0 nitrogen and oxygen atoms in total. The van der Waals surface area contributed by atoms with Crippen LogP contribution in [0.25, 0.3) is 0 Å². The van der Waals surface area contributed by atoms with Crippen molar-refractivity contribution < 1.29 is 0 Å². The molecule has 1 aliphatic carbocycles. The lowest BCUT2D eigenvalue weighted by Crippen LogP contribution is -2.16. The van der Waals surface area contributed by atoms with Crippen molar-refractivity contribution in [1.82, 2.24) is 0 Å². The molecule has 0 heterocycles. The maximum atomic E-state index is 5.80. The van der Waals surface area contributed by atoms with E-state index < -0.39 is 0 Å². The largest absolute Gasteiger partial charge is 0.126 e. The van der Waals surface area contributed by atoms with Gasteiger partial charge in [-0.15, -0.1) is 23.2 Å². The number of rotatable bonds is 2. The van der Waals surface area contributed by atoms with E-state index in [9.17, 15) is 0 Å². The third-order valence-corrected chi connectivity index (χ3v) is 2.91. The molecule has 1 aliphatic rings. The van der Waals surface area contributed by atoms with Gasteiger partial charge in [-0.2, -0.15) is 0 Å². The van der Waals surface area contributed by atoms with Crippen molar-refractivity contribution >= 4 is 23.2 Å². The summed E-state index contributed by atoms with van der Waals surface area (Å²) in [5, 5.41) is 0. The second kappa shape index (κ2) is 3.64. The summed E-state index contributed by atoms with van der Waals surface area (Å²) >= 11 is 11.5. The van der Waals surface area contributed by atoms with Gasteiger partial charge in [0.25, 0.3) is 0 Å². The molecule has 0 spiro atoms. The fourth-order valence-electron chi connectivity index (χ4n) is 1.01. The summed E-state index contributed by atoms with van der Waals surface area (Å²) in [5.41, 5.74) is 1.35. The Hall–Kier alpha value is 0.0600. The Morgan fingerprint density at radius 1 is 1.55 bits per heavy atom. The summed E-state index contributed by atoms with van der Waals surface area (Å²) in [7, 11) is 0. The second-order valence-electron chi connectivity index (χ2n) is 3.24. The van der Waals surface area contributed by atoms with Gasteiger partial charge in [0.05, 0.1) is 0 Å². The third-order valence-electron chi connectivity index (χ3n) is 1.99. The highest BCUT2D eigenvalue weighted by Crippen LogP contribution is 2.30. The molecule has 1 rings (SSSR count). The molecule has 62 valence electrons. The van der Waals surface area contributed by atoms with Crippen molar-refractivity contribution in [2.24, 2.45) is 5.41 Å². The second-order valence-corrected chi connectivity index (χ2v) is 3.77. The van der Waals surface area contributed by atoms with Crippen LogP contribution in [0.1, 0.15) is 13.3 Å². The molecule has 0 bridgehead atoms. The lowest BCUT2D eigenvalue weighted by Gasteiger charge is -2.24. The zero-order valence-electron chi connectivity index (χ0n) is 6.61. The van der Waals surface area contributed by atoms with Crippen LogP contribution < -0.4 is 0 Å². The van der Waals surface area contributed by atoms with Gasteiger partial charge < -0.3 is 0 Å². The fraction of sp³-hybridized carbons (Fsp3) is 0.556. The van der Waals surface area contributed by atoms with E-state index in [0.29, 0.717) is 11.8 Å². The van der Waals surface area contributed by atoms with Crippen LogP contribution in [-0.2, 0) is 0 Å². The van der Waals surface area contributed by atoms with Crippen molar-refractivity contribution in [3.05, 3.63) is 23.8 Å². The smallest absolute Gasteiger partial charge is 0.0470 e. The number of allylic oxidation sites excluding steroid dienone is 4. The number of alkyl halides is 2. The predicted molar refractivity (Wildman–Crippen MR) is 51.4 cm³/mol. The van der Waals surface area contributed by atoms with Crippen LogP contribution in [0.3, 0.4) is 0 Å². The van der Waals surface area contributed by atoms with E-state index in [-0.39, 0.29) is 5.41 Å². The van der Waals surface area contributed by atoms with E-state index in [1.165, 1.54) is 5.57 Å². The monoisotopic (exact) mass is 190 g/mol. The van der Waals surface area contributed by atoms with Gasteiger partial charge >= 0.3 is 0 Å². The molecule has 0 aliphatic heterocycles. The summed E-state index contributed by atoms with van der Waals surface area (Å²) < 4.78 is 0. The van der Waals surface area contributed by atoms with E-state index in [2.05, 4.69) is 25.2 Å². The number of hydrogen-bond donors (Lipinski definition) is 0. The maximum absolute atomic E-state index is 5.80. The Morgan fingerprint density at radius 3 is 2.64 bits per heavy atom. The van der Waals surface area contributed by atoms with Gasteiger partial charge in [-0.1, -0.05) is 25.2 Å². The van der Waals surface area contributed by atoms with Crippen LogP contribution in [0.4, 0.5) is 0 Å². The van der Waals surface area contributed by atoms with Gasteiger partial charge in [0.2, 0.25) is 0 Å². The molecule has 0 aromatic carbocycles. The van der Waals surface area contributed by atoms with E-state index in [4.69, 9.17) is 23.2 Å². The first-order chi connectivity index (χ1) is 5.20. The SMILES string of the molecule is CC1(CCl)C=CC(CCl)=CC1. The Morgan fingerprint density at radius 2 is 2.27 bits per heavy atom. The van der Waals surface area contributed by atoms with E-state index in [0.717, 1.165) is 6.42 Å². The van der Waals surface area contributed by atoms with Crippen molar-refractivity contribution in [2.75, 3.05) is 11.8 Å². The van der Waals surface area contributed by atoms with Crippen molar-refractivity contribution in [3.63, 3.8) is 0 Å². The first-order valence-electron chi connectivity index (χ1n) is 3.70. The molecule has 1 unspecified atom stereocenters. The third kappa shape index (κ3) is 2.25. The highest BCUT2D eigenvalue weighted by molar-refractivity contribution is 6.19. The summed E-state index contributed by atoms with van der Waals surface area (Å²) in [6.07, 6.45) is 7.39. The number of hydrogen-bond acceptors (Lipinski definition) is 0. The van der Waals surface area contributed by atoms with Crippen LogP contribution >= 0.6 is 23.2 Å². The summed E-state index contributed by atoms with van der Waals surface area (Å²) in [6, 6.07) is 0. The molecule has 11 heavy (non-hydrogen) atoms. The van der Waals surface area contributed by atoms with Crippen LogP contribution in [0, 0.1) is 5.41 Å². The summed E-state index contributed by atoms with van der Waals surface area (Å²) in [4.78, 5) is 0. The van der Waals surface area contributed by atoms with E-state index >= 15 is 0 Å². The summed E-state index contributed by atoms with van der Waals surface area (Å²) in [6.45, 7) is 2.15. The average Bonchev–Trinajstić information content (AvgIpc) is 2.06. The lowest BCUT2D eigenvalue weighted by atomic mass is 9.84. The maximum Gasteiger partial charge on any atom is 0.0470 e. The Kier molecular flexibility index (Phi) is 3.03. The molecule has 0 amide bonds. The Balaban J connectivity index is 2.63. The van der Waals surface area contributed by atoms with Crippen LogP contribution in [0.2, 0.25) is 0 Å². The topological polar surface area (TPSA) is 0 Å². The van der Waals surface area contributed by atoms with Gasteiger partial charge in [-0.3, -0.25) is 0 Å². The highest BCUT2D eigenvalue weighted by Gasteiger charge is 2.20. The van der Waals surface area contributed by atoms with Crippen LogP contribution in [-0.4, -0.2) is 11.8 Å². The quantitative estimate of drug-likeness (QED) is 0.587. The van der Waals surface area contributed by atoms with E-state index in [1.807, 2.05) is 0 Å². The molecule has 1 atom stereocenters. The molecule has 0 saturated carbocycles. The van der Waals surface area contributed by atoms with Crippen molar-refractivity contribution in [3.8, 4) is 0 Å². The minimum Gasteiger partial charge on any atom is -0.126 e. The molecule has 0 radical (unpaired) electrons. The summed E-state index contributed by atoms with van der Waals surface area (Å²) in [5.74, 6) is 1.28. The highest BCUT2D eigenvalue weighted by atomic mass is 35.5. The van der Waals surface area contributed by atoms with Crippen molar-refractivity contribution in [1.29, 1.82) is 0 Å². The predicted octanol–water partition coefficient (Wildman–Crippen LogP) is 3.36. The Labute approximate surface area is 77.9 Å². The van der Waals surface area contributed by atoms with Crippen LogP contribution in [0.5, 0.6) is 0 Å². The first kappa shape index (κ1) is 9.15. The van der Waals surface area contributed by atoms with Crippen LogP contribution in [0.15, 0.2) is 23.8 Å². The number of halogens is 2.